The van der Waals surface area contributed by atoms with Crippen molar-refractivity contribution < 1.29 is 18.7 Å². The van der Waals surface area contributed by atoms with Crippen LogP contribution in [0.1, 0.15) is 34.6 Å². The summed E-state index contributed by atoms with van der Waals surface area (Å²) in [5, 5.41) is 2.70. The number of hydrogen-bond acceptors (Lipinski definition) is 3. The first kappa shape index (κ1) is 18.1. The highest BCUT2D eigenvalue weighted by molar-refractivity contribution is 6.04. The Morgan fingerprint density at radius 3 is 2.50 bits per heavy atom. The van der Waals surface area contributed by atoms with Gasteiger partial charge in [0.2, 0.25) is 0 Å². The molecule has 26 heavy (non-hydrogen) atoms. The second-order valence-electron chi connectivity index (χ2n) is 6.86. The number of hydrogen-bond donors (Lipinski definition) is 1. The van der Waals surface area contributed by atoms with Crippen LogP contribution in [0.15, 0.2) is 48.5 Å². The second kappa shape index (κ2) is 7.25. The molecule has 0 saturated carbocycles. The zero-order chi connectivity index (χ0) is 18.7. The molecule has 136 valence electrons. The summed E-state index contributed by atoms with van der Waals surface area (Å²) in [4.78, 5) is 26.7. The molecule has 1 aliphatic rings. The third-order valence-corrected chi connectivity index (χ3v) is 4.37. The fourth-order valence-corrected chi connectivity index (χ4v) is 2.92. The van der Waals surface area contributed by atoms with Crippen LogP contribution in [-0.2, 0) is 4.74 Å². The summed E-state index contributed by atoms with van der Waals surface area (Å²) in [6.07, 6.45) is 0. The maximum Gasteiger partial charge on any atom is 0.255 e. The molecule has 1 N–H and O–H groups in total. The van der Waals surface area contributed by atoms with Gasteiger partial charge in [-0.05, 0) is 56.3 Å². The highest BCUT2D eigenvalue weighted by Crippen LogP contribution is 2.22. The molecule has 0 aliphatic carbocycles. The normalized spacial score (nSPS) is 16.2. The summed E-state index contributed by atoms with van der Waals surface area (Å²) >= 11 is 0. The van der Waals surface area contributed by atoms with E-state index in [2.05, 4.69) is 5.32 Å². The van der Waals surface area contributed by atoms with Gasteiger partial charge in [-0.1, -0.05) is 6.07 Å². The van der Waals surface area contributed by atoms with Crippen LogP contribution in [-0.4, -0.2) is 42.0 Å². The zero-order valence-corrected chi connectivity index (χ0v) is 14.8. The van der Waals surface area contributed by atoms with Crippen molar-refractivity contribution >= 4 is 17.5 Å². The van der Waals surface area contributed by atoms with Crippen LogP contribution >= 0.6 is 0 Å². The van der Waals surface area contributed by atoms with Crippen molar-refractivity contribution in [2.24, 2.45) is 0 Å². The Bertz CT molecular complexity index is 818. The maximum atomic E-state index is 13.2. The summed E-state index contributed by atoms with van der Waals surface area (Å²) < 4.78 is 18.7. The van der Waals surface area contributed by atoms with Gasteiger partial charge in [0.05, 0.1) is 18.8 Å². The van der Waals surface area contributed by atoms with Crippen LogP contribution < -0.4 is 5.32 Å². The number of ether oxygens (including phenoxy) is 1. The molecule has 2 aromatic rings. The Morgan fingerprint density at radius 2 is 1.85 bits per heavy atom. The summed E-state index contributed by atoms with van der Waals surface area (Å²) in [7, 11) is 0. The minimum atomic E-state index is -0.466. The minimum absolute atomic E-state index is 0.0682. The Kier molecular flexibility index (Phi) is 5.04. The van der Waals surface area contributed by atoms with Gasteiger partial charge in [0.1, 0.15) is 5.82 Å². The number of rotatable bonds is 3. The van der Waals surface area contributed by atoms with Gasteiger partial charge >= 0.3 is 0 Å². The smallest absolute Gasteiger partial charge is 0.255 e. The number of benzene rings is 2. The number of halogens is 1. The number of nitrogens with zero attached hydrogens (tertiary/aromatic N) is 1. The molecule has 1 saturated heterocycles. The molecule has 5 nitrogen and oxygen atoms in total. The minimum Gasteiger partial charge on any atom is -0.377 e. The molecule has 1 aliphatic heterocycles. The van der Waals surface area contributed by atoms with E-state index in [1.165, 1.54) is 24.3 Å². The second-order valence-corrected chi connectivity index (χ2v) is 6.86. The van der Waals surface area contributed by atoms with E-state index in [1.807, 2.05) is 13.8 Å². The fourth-order valence-electron chi connectivity index (χ4n) is 2.92. The van der Waals surface area contributed by atoms with Crippen LogP contribution in [0.4, 0.5) is 10.1 Å². The Morgan fingerprint density at radius 1 is 1.12 bits per heavy atom. The molecule has 0 spiro atoms. The first-order chi connectivity index (χ1) is 12.4. The van der Waals surface area contributed by atoms with Crippen molar-refractivity contribution in [2.45, 2.75) is 19.4 Å². The van der Waals surface area contributed by atoms with Crippen molar-refractivity contribution in [1.29, 1.82) is 0 Å². The maximum absolute atomic E-state index is 13.2. The van der Waals surface area contributed by atoms with Gasteiger partial charge in [-0.3, -0.25) is 9.59 Å². The summed E-state index contributed by atoms with van der Waals surface area (Å²) in [5.41, 5.74) is 0.959. The highest BCUT2D eigenvalue weighted by Gasteiger charge is 2.34. The van der Waals surface area contributed by atoms with E-state index in [4.69, 9.17) is 4.74 Å². The van der Waals surface area contributed by atoms with E-state index >= 15 is 0 Å². The van der Waals surface area contributed by atoms with Crippen LogP contribution in [0.2, 0.25) is 0 Å². The third kappa shape index (κ3) is 3.91. The molecule has 0 bridgehead atoms. The molecule has 2 aromatic carbocycles. The molecule has 0 aromatic heterocycles. The number of morpholine rings is 1. The topological polar surface area (TPSA) is 58.6 Å². The quantitative estimate of drug-likeness (QED) is 0.918. The number of carbonyl (C=O) groups excluding carboxylic acids is 2. The molecule has 3 rings (SSSR count). The Balaban J connectivity index is 1.70. The molecule has 6 heteroatoms. The first-order valence-corrected chi connectivity index (χ1v) is 8.43. The van der Waals surface area contributed by atoms with Crippen LogP contribution in [0.25, 0.3) is 0 Å². The Labute approximate surface area is 151 Å². The molecule has 0 unspecified atom stereocenters. The zero-order valence-electron chi connectivity index (χ0n) is 14.8. The predicted octanol–water partition coefficient (Wildman–Crippen LogP) is 3.33. The van der Waals surface area contributed by atoms with Gasteiger partial charge in [0.25, 0.3) is 11.8 Å². The van der Waals surface area contributed by atoms with E-state index in [0.717, 1.165) is 0 Å². The molecule has 1 heterocycles. The van der Waals surface area contributed by atoms with Crippen LogP contribution in [0.3, 0.4) is 0 Å². The van der Waals surface area contributed by atoms with Crippen molar-refractivity contribution in [3.8, 4) is 0 Å². The summed E-state index contributed by atoms with van der Waals surface area (Å²) in [6.45, 7) is 5.51. The van der Waals surface area contributed by atoms with Crippen molar-refractivity contribution in [3.63, 3.8) is 0 Å². The molecular formula is C20H21FN2O3. The van der Waals surface area contributed by atoms with Crippen LogP contribution in [0.5, 0.6) is 0 Å². The number of anilines is 1. The van der Waals surface area contributed by atoms with Gasteiger partial charge in [0, 0.05) is 23.4 Å². The van der Waals surface area contributed by atoms with E-state index in [1.54, 1.807) is 29.2 Å². The largest absolute Gasteiger partial charge is 0.377 e. The average molecular weight is 356 g/mol. The third-order valence-electron chi connectivity index (χ3n) is 4.37. The first-order valence-electron chi connectivity index (χ1n) is 8.43. The summed E-state index contributed by atoms with van der Waals surface area (Å²) in [5.74, 6) is -0.939. The van der Waals surface area contributed by atoms with E-state index in [9.17, 15) is 14.0 Å². The van der Waals surface area contributed by atoms with Gasteiger partial charge < -0.3 is 15.0 Å². The lowest BCUT2D eigenvalue weighted by molar-refractivity contribution is -0.0370. The van der Waals surface area contributed by atoms with Gasteiger partial charge in [-0.15, -0.1) is 0 Å². The van der Waals surface area contributed by atoms with Crippen LogP contribution in [0, 0.1) is 5.82 Å². The molecule has 0 atom stereocenters. The SMILES string of the molecule is CC1(C)COCCN1C(=O)c1ccc(NC(=O)c2cccc(F)c2)cc1. The standard InChI is InChI=1S/C20H21FN2O3/c1-20(2)13-26-11-10-23(20)19(25)14-6-8-17(9-7-14)22-18(24)15-4-3-5-16(21)12-15/h3-9,12H,10-11,13H2,1-2H3,(H,22,24). The molecular weight excluding hydrogens is 335 g/mol. The lowest BCUT2D eigenvalue weighted by Crippen LogP contribution is -2.55. The average Bonchev–Trinajstić information content (AvgIpc) is 2.61. The van der Waals surface area contributed by atoms with Gasteiger partial charge in [-0.2, -0.15) is 0 Å². The van der Waals surface area contributed by atoms with Crippen molar-refractivity contribution in [2.75, 3.05) is 25.1 Å². The predicted molar refractivity (Wildman–Crippen MR) is 96.7 cm³/mol. The fraction of sp³-hybridized carbons (Fsp3) is 0.300. The van der Waals surface area contributed by atoms with Gasteiger partial charge in [0.15, 0.2) is 0 Å². The lowest BCUT2D eigenvalue weighted by Gasteiger charge is -2.42. The van der Waals surface area contributed by atoms with Gasteiger partial charge in [-0.25, -0.2) is 4.39 Å². The number of amides is 2. The molecule has 0 radical (unpaired) electrons. The van der Waals surface area contributed by atoms with E-state index in [-0.39, 0.29) is 17.0 Å². The monoisotopic (exact) mass is 356 g/mol. The lowest BCUT2D eigenvalue weighted by atomic mass is 10.0. The van der Waals surface area contributed by atoms with Crippen molar-refractivity contribution in [1.82, 2.24) is 4.90 Å². The number of nitrogens with one attached hydrogen (secondary N) is 1. The Hall–Kier alpha value is -2.73. The number of carbonyl (C=O) groups is 2. The molecule has 2 amide bonds. The molecule has 1 fully saturated rings. The highest BCUT2D eigenvalue weighted by atomic mass is 19.1. The van der Waals surface area contributed by atoms with E-state index < -0.39 is 11.7 Å². The summed E-state index contributed by atoms with van der Waals surface area (Å²) in [6, 6.07) is 12.2. The van der Waals surface area contributed by atoms with Crippen molar-refractivity contribution in [3.05, 3.63) is 65.5 Å². The van der Waals surface area contributed by atoms with E-state index in [0.29, 0.717) is 31.0 Å².